The minimum absolute atomic E-state index is 0.230. The summed E-state index contributed by atoms with van der Waals surface area (Å²) in [5, 5.41) is 3.80. The van der Waals surface area contributed by atoms with Crippen LogP contribution in [0, 0.1) is 13.8 Å². The molecule has 0 aromatic heterocycles. The number of nitrogens with one attached hydrogen (secondary N) is 1. The SMILES string of the molecule is Cc1ccc(C2CNC3(CCCCC3)CO2)c(C)c1. The first-order chi connectivity index (χ1) is 9.19. The third-order valence-electron chi connectivity index (χ3n) is 4.81. The fraction of sp³-hybridized carbons (Fsp3) is 0.647. The van der Waals surface area contributed by atoms with Gasteiger partial charge in [-0.15, -0.1) is 0 Å². The van der Waals surface area contributed by atoms with Crippen molar-refractivity contribution in [3.63, 3.8) is 0 Å². The Morgan fingerprint density at radius 2 is 1.95 bits per heavy atom. The molecule has 104 valence electrons. The first-order valence-corrected chi connectivity index (χ1v) is 7.62. The van der Waals surface area contributed by atoms with Crippen LogP contribution in [0.4, 0.5) is 0 Å². The molecule has 1 unspecified atom stereocenters. The van der Waals surface area contributed by atoms with E-state index in [2.05, 4.69) is 37.4 Å². The van der Waals surface area contributed by atoms with Gasteiger partial charge >= 0.3 is 0 Å². The Hall–Kier alpha value is -0.860. The van der Waals surface area contributed by atoms with Gasteiger partial charge in [-0.3, -0.25) is 0 Å². The lowest BCUT2D eigenvalue weighted by atomic mass is 9.81. The standard InChI is InChI=1S/C17H25NO/c1-13-6-7-15(14(2)10-13)16-11-18-17(12-19-16)8-4-3-5-9-17/h6-7,10,16,18H,3-5,8-9,11-12H2,1-2H3. The zero-order chi connectivity index (χ0) is 13.3. The van der Waals surface area contributed by atoms with E-state index in [1.54, 1.807) is 0 Å². The molecule has 2 fully saturated rings. The molecule has 3 rings (SSSR count). The highest BCUT2D eigenvalue weighted by Gasteiger charge is 2.37. The van der Waals surface area contributed by atoms with Crippen molar-refractivity contribution >= 4 is 0 Å². The highest BCUT2D eigenvalue weighted by molar-refractivity contribution is 5.32. The van der Waals surface area contributed by atoms with Gasteiger partial charge in [0.1, 0.15) is 0 Å². The molecule has 1 aliphatic heterocycles. The normalized spacial score (nSPS) is 26.5. The molecule has 1 aromatic carbocycles. The molecule has 1 saturated heterocycles. The summed E-state index contributed by atoms with van der Waals surface area (Å²) in [5.74, 6) is 0. The lowest BCUT2D eigenvalue weighted by molar-refractivity contribution is -0.0469. The Labute approximate surface area is 116 Å². The molecule has 1 aromatic rings. The second kappa shape index (κ2) is 5.26. The van der Waals surface area contributed by atoms with Gasteiger partial charge in [0.25, 0.3) is 0 Å². The number of benzene rings is 1. The first kappa shape index (κ1) is 13.1. The van der Waals surface area contributed by atoms with Gasteiger partial charge in [0.05, 0.1) is 12.7 Å². The van der Waals surface area contributed by atoms with Crippen LogP contribution in [0.15, 0.2) is 18.2 Å². The first-order valence-electron chi connectivity index (χ1n) is 7.62. The van der Waals surface area contributed by atoms with Gasteiger partial charge in [0, 0.05) is 12.1 Å². The van der Waals surface area contributed by atoms with Crippen molar-refractivity contribution in [3.8, 4) is 0 Å². The number of ether oxygens (including phenoxy) is 1. The third-order valence-corrected chi connectivity index (χ3v) is 4.81. The number of rotatable bonds is 1. The van der Waals surface area contributed by atoms with E-state index in [1.807, 2.05) is 0 Å². The average Bonchev–Trinajstić information content (AvgIpc) is 2.41. The predicted octanol–water partition coefficient (Wildman–Crippen LogP) is 3.67. The Morgan fingerprint density at radius 1 is 1.16 bits per heavy atom. The van der Waals surface area contributed by atoms with Gasteiger partial charge < -0.3 is 10.1 Å². The van der Waals surface area contributed by atoms with Crippen LogP contribution in [0.25, 0.3) is 0 Å². The summed E-state index contributed by atoms with van der Waals surface area (Å²) < 4.78 is 6.22. The van der Waals surface area contributed by atoms with Crippen molar-refractivity contribution in [2.75, 3.05) is 13.2 Å². The van der Waals surface area contributed by atoms with Crippen LogP contribution in [0.1, 0.15) is 54.9 Å². The van der Waals surface area contributed by atoms with Crippen molar-refractivity contribution < 1.29 is 4.74 Å². The van der Waals surface area contributed by atoms with Crippen molar-refractivity contribution in [1.82, 2.24) is 5.32 Å². The molecule has 1 spiro atoms. The van der Waals surface area contributed by atoms with Crippen LogP contribution in [0.3, 0.4) is 0 Å². The van der Waals surface area contributed by atoms with Gasteiger partial charge in [-0.1, -0.05) is 43.0 Å². The number of aryl methyl sites for hydroxylation is 2. The lowest BCUT2D eigenvalue weighted by Crippen LogP contribution is -2.55. The maximum absolute atomic E-state index is 6.22. The van der Waals surface area contributed by atoms with Crippen molar-refractivity contribution in [2.24, 2.45) is 0 Å². The Bertz CT molecular complexity index is 439. The van der Waals surface area contributed by atoms with Gasteiger partial charge in [-0.2, -0.15) is 0 Å². The molecule has 2 aliphatic rings. The van der Waals surface area contributed by atoms with Crippen molar-refractivity contribution in [3.05, 3.63) is 34.9 Å². The molecule has 0 amide bonds. The van der Waals surface area contributed by atoms with E-state index in [0.29, 0.717) is 0 Å². The van der Waals surface area contributed by atoms with E-state index < -0.39 is 0 Å². The lowest BCUT2D eigenvalue weighted by Gasteiger charge is -2.44. The summed E-state index contributed by atoms with van der Waals surface area (Å²) >= 11 is 0. The Balaban J connectivity index is 1.69. The van der Waals surface area contributed by atoms with E-state index in [-0.39, 0.29) is 11.6 Å². The molecule has 0 bridgehead atoms. The maximum atomic E-state index is 6.22. The predicted molar refractivity (Wildman–Crippen MR) is 78.4 cm³/mol. The van der Waals surface area contributed by atoms with Crippen LogP contribution >= 0.6 is 0 Å². The van der Waals surface area contributed by atoms with Gasteiger partial charge in [-0.05, 0) is 37.8 Å². The molecule has 19 heavy (non-hydrogen) atoms. The highest BCUT2D eigenvalue weighted by Crippen LogP contribution is 2.34. The van der Waals surface area contributed by atoms with Gasteiger partial charge in [0.2, 0.25) is 0 Å². The van der Waals surface area contributed by atoms with E-state index in [4.69, 9.17) is 4.74 Å². The highest BCUT2D eigenvalue weighted by atomic mass is 16.5. The number of hydrogen-bond acceptors (Lipinski definition) is 2. The minimum atomic E-state index is 0.230. The smallest absolute Gasteiger partial charge is 0.0952 e. The monoisotopic (exact) mass is 259 g/mol. The molecular formula is C17H25NO. The van der Waals surface area contributed by atoms with Crippen molar-refractivity contribution in [2.45, 2.75) is 57.6 Å². The molecule has 1 saturated carbocycles. The minimum Gasteiger partial charge on any atom is -0.370 e. The zero-order valence-corrected chi connectivity index (χ0v) is 12.2. The molecular weight excluding hydrogens is 234 g/mol. The Kier molecular flexibility index (Phi) is 3.64. The second-order valence-electron chi connectivity index (χ2n) is 6.38. The molecule has 1 aliphatic carbocycles. The Morgan fingerprint density at radius 3 is 2.58 bits per heavy atom. The molecule has 1 atom stereocenters. The summed E-state index contributed by atoms with van der Waals surface area (Å²) in [5.41, 5.74) is 4.32. The quantitative estimate of drug-likeness (QED) is 0.831. The molecule has 0 radical (unpaired) electrons. The summed E-state index contributed by atoms with van der Waals surface area (Å²) in [6.07, 6.45) is 6.89. The molecule has 2 heteroatoms. The molecule has 2 nitrogen and oxygen atoms in total. The zero-order valence-electron chi connectivity index (χ0n) is 12.2. The van der Waals surface area contributed by atoms with E-state index in [9.17, 15) is 0 Å². The van der Waals surface area contributed by atoms with E-state index in [1.165, 1.54) is 48.8 Å². The van der Waals surface area contributed by atoms with E-state index in [0.717, 1.165) is 13.2 Å². The molecule has 1 N–H and O–H groups in total. The average molecular weight is 259 g/mol. The second-order valence-corrected chi connectivity index (χ2v) is 6.38. The molecule has 1 heterocycles. The summed E-state index contributed by atoms with van der Waals surface area (Å²) in [7, 11) is 0. The van der Waals surface area contributed by atoms with Crippen molar-refractivity contribution in [1.29, 1.82) is 0 Å². The summed E-state index contributed by atoms with van der Waals surface area (Å²) in [4.78, 5) is 0. The van der Waals surface area contributed by atoms with E-state index >= 15 is 0 Å². The summed E-state index contributed by atoms with van der Waals surface area (Å²) in [6.45, 7) is 6.18. The number of hydrogen-bond donors (Lipinski definition) is 1. The van der Waals surface area contributed by atoms with Gasteiger partial charge in [0.15, 0.2) is 0 Å². The van der Waals surface area contributed by atoms with Crippen LogP contribution in [-0.2, 0) is 4.74 Å². The topological polar surface area (TPSA) is 21.3 Å². The fourth-order valence-corrected chi connectivity index (χ4v) is 3.62. The van der Waals surface area contributed by atoms with Crippen LogP contribution in [-0.4, -0.2) is 18.7 Å². The van der Waals surface area contributed by atoms with Crippen LogP contribution in [0.2, 0.25) is 0 Å². The number of morpholine rings is 1. The third kappa shape index (κ3) is 2.70. The fourth-order valence-electron chi connectivity index (χ4n) is 3.62. The maximum Gasteiger partial charge on any atom is 0.0952 e. The largest absolute Gasteiger partial charge is 0.370 e. The van der Waals surface area contributed by atoms with Gasteiger partial charge in [-0.25, -0.2) is 0 Å². The summed E-state index contributed by atoms with van der Waals surface area (Å²) in [6, 6.07) is 6.68. The van der Waals surface area contributed by atoms with Crippen LogP contribution in [0.5, 0.6) is 0 Å². The van der Waals surface area contributed by atoms with Crippen LogP contribution < -0.4 is 5.32 Å².